The van der Waals surface area contributed by atoms with Gasteiger partial charge in [0.05, 0.1) is 0 Å². The first-order valence-electron chi connectivity index (χ1n) is 6.83. The molecule has 0 radical (unpaired) electrons. The quantitative estimate of drug-likeness (QED) is 0.407. The minimum atomic E-state index is 0.901. The summed E-state index contributed by atoms with van der Waals surface area (Å²) < 4.78 is 5.57. The van der Waals surface area contributed by atoms with Crippen LogP contribution in [0.15, 0.2) is 12.7 Å². The highest BCUT2D eigenvalue weighted by Gasteiger charge is 2.20. The zero-order chi connectivity index (χ0) is 11.5. The Morgan fingerprint density at radius 1 is 1.12 bits per heavy atom. The lowest BCUT2D eigenvalue weighted by Gasteiger charge is -2.05. The predicted molar refractivity (Wildman–Crippen MR) is 69.7 cm³/mol. The van der Waals surface area contributed by atoms with Crippen LogP contribution in [0.5, 0.6) is 0 Å². The van der Waals surface area contributed by atoms with E-state index in [0.717, 1.165) is 45.1 Å². The van der Waals surface area contributed by atoms with Gasteiger partial charge in [-0.2, -0.15) is 0 Å². The lowest BCUT2D eigenvalue weighted by molar-refractivity contribution is 0.122. The molecule has 16 heavy (non-hydrogen) atoms. The molecule has 0 amide bonds. The molecule has 0 heterocycles. The molecule has 0 spiro atoms. The van der Waals surface area contributed by atoms with Gasteiger partial charge in [0.2, 0.25) is 0 Å². The fraction of sp³-hybridized carbons (Fsp3) is 0.857. The Kier molecular flexibility index (Phi) is 8.45. The van der Waals surface area contributed by atoms with E-state index in [2.05, 4.69) is 11.9 Å². The van der Waals surface area contributed by atoms with Gasteiger partial charge in [-0.15, -0.1) is 6.58 Å². The van der Waals surface area contributed by atoms with E-state index in [1.165, 1.54) is 32.1 Å². The van der Waals surface area contributed by atoms with Gasteiger partial charge in [0.25, 0.3) is 0 Å². The van der Waals surface area contributed by atoms with Crippen LogP contribution in [0.25, 0.3) is 0 Å². The zero-order valence-electron chi connectivity index (χ0n) is 10.5. The van der Waals surface area contributed by atoms with Crippen molar-refractivity contribution in [2.45, 2.75) is 44.9 Å². The minimum absolute atomic E-state index is 0.901. The summed E-state index contributed by atoms with van der Waals surface area (Å²) in [5.41, 5.74) is 0. The maximum Gasteiger partial charge on any atom is 0.0494 e. The standard InChI is InChI=1S/C14H27NO/c1-2-3-4-5-6-10-15-11-7-12-16-13-14-8-9-14/h2,14-15H,1,3-13H2. The Hall–Kier alpha value is -0.340. The first kappa shape index (κ1) is 13.7. The summed E-state index contributed by atoms with van der Waals surface area (Å²) in [6.07, 6.45) is 11.0. The average molecular weight is 225 g/mol. The van der Waals surface area contributed by atoms with Gasteiger partial charge in [-0.1, -0.05) is 12.5 Å². The highest BCUT2D eigenvalue weighted by atomic mass is 16.5. The van der Waals surface area contributed by atoms with Crippen molar-refractivity contribution in [1.29, 1.82) is 0 Å². The van der Waals surface area contributed by atoms with Crippen molar-refractivity contribution >= 4 is 0 Å². The van der Waals surface area contributed by atoms with Crippen molar-refractivity contribution < 1.29 is 4.74 Å². The molecular weight excluding hydrogens is 198 g/mol. The Labute approximate surface area is 100 Å². The van der Waals surface area contributed by atoms with Crippen LogP contribution in [-0.2, 0) is 4.74 Å². The molecule has 0 atom stereocenters. The van der Waals surface area contributed by atoms with Gasteiger partial charge >= 0.3 is 0 Å². The number of hydrogen-bond donors (Lipinski definition) is 1. The number of unbranched alkanes of at least 4 members (excludes halogenated alkanes) is 3. The fourth-order valence-corrected chi connectivity index (χ4v) is 1.67. The second-order valence-electron chi connectivity index (χ2n) is 4.76. The molecule has 2 heteroatoms. The van der Waals surface area contributed by atoms with Crippen molar-refractivity contribution in [2.24, 2.45) is 5.92 Å². The van der Waals surface area contributed by atoms with Crippen molar-refractivity contribution in [3.05, 3.63) is 12.7 Å². The van der Waals surface area contributed by atoms with E-state index < -0.39 is 0 Å². The molecule has 0 saturated heterocycles. The molecule has 0 aromatic rings. The predicted octanol–water partition coefficient (Wildman–Crippen LogP) is 3.14. The highest BCUT2D eigenvalue weighted by molar-refractivity contribution is 4.71. The second kappa shape index (κ2) is 9.86. The van der Waals surface area contributed by atoms with Crippen molar-refractivity contribution in [2.75, 3.05) is 26.3 Å². The molecule has 0 aromatic carbocycles. The zero-order valence-corrected chi connectivity index (χ0v) is 10.5. The molecule has 1 aliphatic rings. The summed E-state index contributed by atoms with van der Waals surface area (Å²) in [6.45, 7) is 7.91. The maximum absolute atomic E-state index is 5.57. The first-order chi connectivity index (χ1) is 7.93. The number of rotatable bonds is 12. The smallest absolute Gasteiger partial charge is 0.0494 e. The Morgan fingerprint density at radius 3 is 2.69 bits per heavy atom. The van der Waals surface area contributed by atoms with Crippen LogP contribution >= 0.6 is 0 Å². The molecule has 1 aliphatic carbocycles. The summed E-state index contributed by atoms with van der Waals surface area (Å²) in [4.78, 5) is 0. The SMILES string of the molecule is C=CCCCCCNCCCOCC1CC1. The van der Waals surface area contributed by atoms with E-state index in [9.17, 15) is 0 Å². The van der Waals surface area contributed by atoms with E-state index in [1.807, 2.05) is 6.08 Å². The Morgan fingerprint density at radius 2 is 1.94 bits per heavy atom. The van der Waals surface area contributed by atoms with Gasteiger partial charge in [-0.3, -0.25) is 0 Å². The van der Waals surface area contributed by atoms with Crippen LogP contribution in [0.4, 0.5) is 0 Å². The molecular formula is C14H27NO. The summed E-state index contributed by atoms with van der Waals surface area (Å²) in [6, 6.07) is 0. The first-order valence-corrected chi connectivity index (χ1v) is 6.83. The van der Waals surface area contributed by atoms with E-state index >= 15 is 0 Å². The third kappa shape index (κ3) is 8.93. The third-order valence-electron chi connectivity index (χ3n) is 2.95. The molecule has 0 unspecified atom stereocenters. The molecule has 1 rings (SSSR count). The van der Waals surface area contributed by atoms with Crippen molar-refractivity contribution in [3.63, 3.8) is 0 Å². The maximum atomic E-state index is 5.57. The summed E-state index contributed by atoms with van der Waals surface area (Å²) in [7, 11) is 0. The third-order valence-corrected chi connectivity index (χ3v) is 2.95. The topological polar surface area (TPSA) is 21.3 Å². The number of allylic oxidation sites excluding steroid dienone is 1. The molecule has 1 N–H and O–H groups in total. The van der Waals surface area contributed by atoms with E-state index in [1.54, 1.807) is 0 Å². The second-order valence-corrected chi connectivity index (χ2v) is 4.76. The van der Waals surface area contributed by atoms with Gasteiger partial charge in [-0.25, -0.2) is 0 Å². The molecule has 0 bridgehead atoms. The van der Waals surface area contributed by atoms with Crippen LogP contribution in [-0.4, -0.2) is 26.3 Å². The van der Waals surface area contributed by atoms with E-state index in [-0.39, 0.29) is 0 Å². The van der Waals surface area contributed by atoms with Gasteiger partial charge in [0, 0.05) is 13.2 Å². The van der Waals surface area contributed by atoms with Crippen LogP contribution < -0.4 is 5.32 Å². The van der Waals surface area contributed by atoms with E-state index in [4.69, 9.17) is 4.74 Å². The molecule has 1 fully saturated rings. The van der Waals surface area contributed by atoms with Crippen molar-refractivity contribution in [3.8, 4) is 0 Å². The van der Waals surface area contributed by atoms with Gasteiger partial charge in [0.15, 0.2) is 0 Å². The molecule has 1 saturated carbocycles. The highest BCUT2D eigenvalue weighted by Crippen LogP contribution is 2.28. The van der Waals surface area contributed by atoms with Crippen LogP contribution in [0.3, 0.4) is 0 Å². The molecule has 0 aromatic heterocycles. The van der Waals surface area contributed by atoms with Crippen molar-refractivity contribution in [1.82, 2.24) is 5.32 Å². The summed E-state index contributed by atoms with van der Waals surface area (Å²) in [5.74, 6) is 0.901. The molecule has 2 nitrogen and oxygen atoms in total. The van der Waals surface area contributed by atoms with Gasteiger partial charge < -0.3 is 10.1 Å². The van der Waals surface area contributed by atoms with Crippen LogP contribution in [0.2, 0.25) is 0 Å². The average Bonchev–Trinajstić information content (AvgIpc) is 3.10. The normalized spacial score (nSPS) is 15.2. The monoisotopic (exact) mass is 225 g/mol. The number of nitrogens with one attached hydrogen (secondary N) is 1. The Balaban J connectivity index is 1.63. The minimum Gasteiger partial charge on any atom is -0.381 e. The van der Waals surface area contributed by atoms with E-state index in [0.29, 0.717) is 0 Å². The lowest BCUT2D eigenvalue weighted by Crippen LogP contribution is -2.18. The summed E-state index contributed by atoms with van der Waals surface area (Å²) >= 11 is 0. The number of hydrogen-bond acceptors (Lipinski definition) is 2. The van der Waals surface area contributed by atoms with Crippen LogP contribution in [0, 0.1) is 5.92 Å². The Bertz CT molecular complexity index is 166. The van der Waals surface area contributed by atoms with Crippen LogP contribution in [0.1, 0.15) is 44.9 Å². The summed E-state index contributed by atoms with van der Waals surface area (Å²) in [5, 5.41) is 3.46. The fourth-order valence-electron chi connectivity index (χ4n) is 1.67. The largest absolute Gasteiger partial charge is 0.381 e. The lowest BCUT2D eigenvalue weighted by atomic mass is 10.2. The molecule has 0 aliphatic heterocycles. The van der Waals surface area contributed by atoms with Gasteiger partial charge in [0.1, 0.15) is 0 Å². The molecule has 94 valence electrons. The number of ether oxygens (including phenoxy) is 1. The van der Waals surface area contributed by atoms with Gasteiger partial charge in [-0.05, 0) is 57.5 Å².